The Morgan fingerprint density at radius 1 is 1.10 bits per heavy atom. The molecule has 2 heterocycles. The average molecular weight is 396 g/mol. The zero-order chi connectivity index (χ0) is 20.6. The van der Waals surface area contributed by atoms with Crippen LogP contribution < -0.4 is 4.74 Å². The third-order valence-electron chi connectivity index (χ3n) is 5.78. The SMILES string of the molecule is CC(C)(C)C1C/C(=N\Cc2ccccc2)c2cc3c(OC(F)F)cccc3n2C1. The minimum absolute atomic E-state index is 0.110. The second-order valence-electron chi connectivity index (χ2n) is 8.72. The summed E-state index contributed by atoms with van der Waals surface area (Å²) in [5, 5.41) is 0.713. The first-order valence-electron chi connectivity index (χ1n) is 9.97. The summed E-state index contributed by atoms with van der Waals surface area (Å²) in [4.78, 5) is 4.95. The van der Waals surface area contributed by atoms with Crippen molar-refractivity contribution in [2.75, 3.05) is 0 Å². The van der Waals surface area contributed by atoms with Gasteiger partial charge in [0.2, 0.25) is 0 Å². The first kappa shape index (κ1) is 19.6. The molecule has 152 valence electrons. The van der Waals surface area contributed by atoms with Gasteiger partial charge in [-0.3, -0.25) is 4.99 Å². The number of nitrogens with zero attached hydrogens (tertiary/aromatic N) is 2. The average Bonchev–Trinajstić information content (AvgIpc) is 3.06. The third-order valence-corrected chi connectivity index (χ3v) is 5.78. The second-order valence-corrected chi connectivity index (χ2v) is 8.72. The summed E-state index contributed by atoms with van der Waals surface area (Å²) in [7, 11) is 0. The van der Waals surface area contributed by atoms with Crippen molar-refractivity contribution in [3.8, 4) is 5.75 Å². The van der Waals surface area contributed by atoms with Gasteiger partial charge in [-0.25, -0.2) is 0 Å². The molecule has 3 aromatic rings. The fraction of sp³-hybridized carbons (Fsp3) is 0.375. The molecular formula is C24H26F2N2O. The Morgan fingerprint density at radius 2 is 1.86 bits per heavy atom. The van der Waals surface area contributed by atoms with E-state index in [0.29, 0.717) is 17.8 Å². The highest BCUT2D eigenvalue weighted by Crippen LogP contribution is 2.39. The number of hydrogen-bond donors (Lipinski definition) is 0. The summed E-state index contributed by atoms with van der Waals surface area (Å²) in [5.74, 6) is 0.619. The van der Waals surface area contributed by atoms with Gasteiger partial charge in [0.05, 0.1) is 23.5 Å². The quantitative estimate of drug-likeness (QED) is 0.508. The van der Waals surface area contributed by atoms with Gasteiger partial charge in [-0.1, -0.05) is 57.2 Å². The van der Waals surface area contributed by atoms with Gasteiger partial charge < -0.3 is 9.30 Å². The molecule has 1 aliphatic rings. The van der Waals surface area contributed by atoms with Crippen molar-refractivity contribution in [2.24, 2.45) is 16.3 Å². The molecule has 29 heavy (non-hydrogen) atoms. The van der Waals surface area contributed by atoms with Crippen LogP contribution >= 0.6 is 0 Å². The molecule has 0 N–H and O–H groups in total. The third kappa shape index (κ3) is 4.04. The Labute approximate surface area is 170 Å². The van der Waals surface area contributed by atoms with E-state index in [1.807, 2.05) is 30.3 Å². The maximum atomic E-state index is 12.9. The summed E-state index contributed by atoms with van der Waals surface area (Å²) in [6.45, 7) is 5.34. The van der Waals surface area contributed by atoms with Crippen LogP contribution in [-0.2, 0) is 13.1 Å². The predicted octanol–water partition coefficient (Wildman–Crippen LogP) is 6.30. The van der Waals surface area contributed by atoms with E-state index in [1.54, 1.807) is 12.1 Å². The Bertz CT molecular complexity index is 1030. The Morgan fingerprint density at radius 3 is 2.55 bits per heavy atom. The van der Waals surface area contributed by atoms with Crippen molar-refractivity contribution in [3.05, 3.63) is 65.9 Å². The number of aliphatic imine (C=N–C) groups is 1. The fourth-order valence-electron chi connectivity index (χ4n) is 4.01. The molecule has 1 unspecified atom stereocenters. The highest BCUT2D eigenvalue weighted by Gasteiger charge is 2.33. The van der Waals surface area contributed by atoms with Crippen LogP contribution in [0.25, 0.3) is 10.9 Å². The van der Waals surface area contributed by atoms with E-state index >= 15 is 0 Å². The van der Waals surface area contributed by atoms with E-state index in [2.05, 4.69) is 37.5 Å². The van der Waals surface area contributed by atoms with Gasteiger partial charge >= 0.3 is 6.61 Å². The summed E-state index contributed by atoms with van der Waals surface area (Å²) in [5.41, 5.74) is 4.21. The largest absolute Gasteiger partial charge is 0.434 e. The molecule has 1 atom stereocenters. The number of fused-ring (bicyclic) bond motifs is 3. The number of rotatable bonds is 4. The van der Waals surface area contributed by atoms with Gasteiger partial charge in [-0.2, -0.15) is 8.78 Å². The van der Waals surface area contributed by atoms with Crippen molar-refractivity contribution in [2.45, 2.75) is 46.9 Å². The molecular weight excluding hydrogens is 370 g/mol. The second kappa shape index (κ2) is 7.62. The minimum atomic E-state index is -2.84. The molecule has 1 aliphatic heterocycles. The minimum Gasteiger partial charge on any atom is -0.434 e. The normalized spacial score (nSPS) is 18.4. The lowest BCUT2D eigenvalue weighted by molar-refractivity contribution is -0.0487. The first-order valence-corrected chi connectivity index (χ1v) is 9.97. The van der Waals surface area contributed by atoms with Crippen LogP contribution in [0.1, 0.15) is 38.4 Å². The molecule has 1 aromatic heterocycles. The smallest absolute Gasteiger partial charge is 0.387 e. The maximum Gasteiger partial charge on any atom is 0.387 e. The van der Waals surface area contributed by atoms with Crippen LogP contribution in [-0.4, -0.2) is 16.9 Å². The van der Waals surface area contributed by atoms with Crippen molar-refractivity contribution < 1.29 is 13.5 Å². The van der Waals surface area contributed by atoms with Crippen molar-refractivity contribution in [3.63, 3.8) is 0 Å². The zero-order valence-corrected chi connectivity index (χ0v) is 17.0. The summed E-state index contributed by atoms with van der Waals surface area (Å²) in [6.07, 6.45) is 0.873. The van der Waals surface area contributed by atoms with Gasteiger partial charge in [-0.15, -0.1) is 0 Å². The standard InChI is InChI=1S/C24H26F2N2O/c1-24(2,3)17-12-19(27-14-16-8-5-4-6-9-16)21-13-18-20(28(21)15-17)10-7-11-22(18)29-23(25)26/h4-11,13,17,23H,12,14-15H2,1-3H3/b27-19+. The highest BCUT2D eigenvalue weighted by atomic mass is 19.3. The molecule has 0 radical (unpaired) electrons. The Hall–Kier alpha value is -2.69. The molecule has 5 heteroatoms. The van der Waals surface area contributed by atoms with Crippen LogP contribution in [0.3, 0.4) is 0 Å². The van der Waals surface area contributed by atoms with E-state index in [0.717, 1.165) is 35.5 Å². The zero-order valence-electron chi connectivity index (χ0n) is 17.0. The molecule has 0 bridgehead atoms. The molecule has 0 saturated heterocycles. The van der Waals surface area contributed by atoms with Gasteiger partial charge in [0.15, 0.2) is 0 Å². The molecule has 0 saturated carbocycles. The van der Waals surface area contributed by atoms with Crippen molar-refractivity contribution in [1.82, 2.24) is 4.57 Å². The first-order chi connectivity index (χ1) is 13.8. The molecule has 0 aliphatic carbocycles. The van der Waals surface area contributed by atoms with Gasteiger partial charge in [0.1, 0.15) is 5.75 Å². The van der Waals surface area contributed by atoms with Gasteiger partial charge in [-0.05, 0) is 41.5 Å². The number of alkyl halides is 2. The lowest BCUT2D eigenvalue weighted by Gasteiger charge is -2.36. The van der Waals surface area contributed by atoms with E-state index in [1.165, 1.54) is 0 Å². The number of hydrogen-bond acceptors (Lipinski definition) is 2. The lowest BCUT2D eigenvalue weighted by Crippen LogP contribution is -2.33. The summed E-state index contributed by atoms with van der Waals surface area (Å²) < 4.78 is 32.8. The number of halogens is 2. The van der Waals surface area contributed by atoms with Gasteiger partial charge in [0.25, 0.3) is 0 Å². The highest BCUT2D eigenvalue weighted by molar-refractivity contribution is 6.05. The number of ether oxygens (including phenoxy) is 1. The Balaban J connectivity index is 1.81. The van der Waals surface area contributed by atoms with E-state index in [4.69, 9.17) is 9.73 Å². The number of aromatic nitrogens is 1. The molecule has 0 fully saturated rings. The van der Waals surface area contributed by atoms with Crippen molar-refractivity contribution in [1.29, 1.82) is 0 Å². The van der Waals surface area contributed by atoms with Crippen molar-refractivity contribution >= 4 is 16.6 Å². The van der Waals surface area contributed by atoms with E-state index < -0.39 is 6.61 Å². The van der Waals surface area contributed by atoms with E-state index in [9.17, 15) is 8.78 Å². The fourth-order valence-corrected chi connectivity index (χ4v) is 4.01. The summed E-state index contributed by atoms with van der Waals surface area (Å²) in [6, 6.07) is 17.5. The predicted molar refractivity (Wildman–Crippen MR) is 113 cm³/mol. The summed E-state index contributed by atoms with van der Waals surface area (Å²) >= 11 is 0. The van der Waals surface area contributed by atoms with Gasteiger partial charge in [0, 0.05) is 11.9 Å². The van der Waals surface area contributed by atoms with Crippen LogP contribution in [0, 0.1) is 11.3 Å². The molecule has 3 nitrogen and oxygen atoms in total. The molecule has 0 amide bonds. The maximum absolute atomic E-state index is 12.9. The van der Waals surface area contributed by atoms with Crippen LogP contribution in [0.5, 0.6) is 5.75 Å². The topological polar surface area (TPSA) is 26.5 Å². The molecule has 4 rings (SSSR count). The molecule has 0 spiro atoms. The number of benzene rings is 2. The monoisotopic (exact) mass is 396 g/mol. The van der Waals surface area contributed by atoms with Crippen LogP contribution in [0.4, 0.5) is 8.78 Å². The molecule has 2 aromatic carbocycles. The van der Waals surface area contributed by atoms with Crippen LogP contribution in [0.15, 0.2) is 59.6 Å². The van der Waals surface area contributed by atoms with E-state index in [-0.39, 0.29) is 11.2 Å². The van der Waals surface area contributed by atoms with Crippen LogP contribution in [0.2, 0.25) is 0 Å². The Kier molecular flexibility index (Phi) is 5.15. The lowest BCUT2D eigenvalue weighted by atomic mass is 9.76.